The normalized spacial score (nSPS) is 45.8. The average molecular weight is 173 g/mol. The number of piperidine rings is 1. The smallest absolute Gasteiger partial charge is 0.0570 e. The van der Waals surface area contributed by atoms with Crippen LogP contribution in [-0.2, 0) is 0 Å². The van der Waals surface area contributed by atoms with Gasteiger partial charge in [0.25, 0.3) is 0 Å². The molecule has 0 radical (unpaired) electrons. The van der Waals surface area contributed by atoms with E-state index in [0.717, 1.165) is 12.8 Å². The van der Waals surface area contributed by atoms with Gasteiger partial charge in [0.1, 0.15) is 0 Å². The molecule has 2 fully saturated rings. The standard InChI is InChI=1S/C8H15NOS/c1-9-6-2-8(10)3-7(9)5-11-4-6/h6-8,10H,2-5H2,1H3/t6-,7+,8-. The molecule has 0 unspecified atom stereocenters. The fourth-order valence-corrected chi connectivity index (χ4v) is 3.49. The van der Waals surface area contributed by atoms with E-state index >= 15 is 0 Å². The molecule has 0 aromatic rings. The van der Waals surface area contributed by atoms with Crippen molar-refractivity contribution in [2.24, 2.45) is 0 Å². The number of nitrogens with zero attached hydrogens (tertiary/aromatic N) is 1. The summed E-state index contributed by atoms with van der Waals surface area (Å²) in [7, 11) is 2.20. The summed E-state index contributed by atoms with van der Waals surface area (Å²) in [6.07, 6.45) is 1.95. The Kier molecular flexibility index (Phi) is 2.12. The van der Waals surface area contributed by atoms with Crippen molar-refractivity contribution >= 4 is 11.8 Å². The van der Waals surface area contributed by atoms with E-state index in [1.54, 1.807) is 0 Å². The minimum atomic E-state index is -0.0258. The Balaban J connectivity index is 2.07. The van der Waals surface area contributed by atoms with E-state index in [0.29, 0.717) is 12.1 Å². The summed E-state index contributed by atoms with van der Waals surface area (Å²) in [5.74, 6) is 2.42. The zero-order chi connectivity index (χ0) is 7.84. The van der Waals surface area contributed by atoms with Gasteiger partial charge in [0.15, 0.2) is 0 Å². The van der Waals surface area contributed by atoms with Gasteiger partial charge in [-0.2, -0.15) is 11.8 Å². The van der Waals surface area contributed by atoms with Gasteiger partial charge in [-0.15, -0.1) is 0 Å². The molecule has 0 spiro atoms. The van der Waals surface area contributed by atoms with E-state index in [-0.39, 0.29) is 6.10 Å². The summed E-state index contributed by atoms with van der Waals surface area (Å²) >= 11 is 2.04. The maximum Gasteiger partial charge on any atom is 0.0570 e. The molecule has 2 aliphatic heterocycles. The summed E-state index contributed by atoms with van der Waals surface area (Å²) in [6.45, 7) is 0. The first-order chi connectivity index (χ1) is 5.27. The minimum absolute atomic E-state index is 0.0258. The molecule has 2 rings (SSSR count). The van der Waals surface area contributed by atoms with Crippen LogP contribution in [0.3, 0.4) is 0 Å². The predicted molar refractivity (Wildman–Crippen MR) is 47.9 cm³/mol. The molecule has 0 aromatic heterocycles. The second kappa shape index (κ2) is 2.96. The molecule has 0 aromatic carbocycles. The van der Waals surface area contributed by atoms with Crippen molar-refractivity contribution in [2.45, 2.75) is 31.0 Å². The van der Waals surface area contributed by atoms with E-state index in [4.69, 9.17) is 0 Å². The Morgan fingerprint density at radius 3 is 2.36 bits per heavy atom. The first-order valence-corrected chi connectivity index (χ1v) is 5.40. The molecule has 11 heavy (non-hydrogen) atoms. The molecule has 2 aliphatic rings. The monoisotopic (exact) mass is 173 g/mol. The number of thioether (sulfide) groups is 1. The fourth-order valence-electron chi connectivity index (χ4n) is 2.07. The molecule has 3 atom stereocenters. The second-order valence-corrected chi connectivity index (χ2v) is 4.71. The lowest BCUT2D eigenvalue weighted by molar-refractivity contribution is 0.0286. The molecule has 2 bridgehead atoms. The van der Waals surface area contributed by atoms with Gasteiger partial charge in [0.2, 0.25) is 0 Å². The fraction of sp³-hybridized carbons (Fsp3) is 1.00. The molecule has 0 saturated carbocycles. The largest absolute Gasteiger partial charge is 0.393 e. The van der Waals surface area contributed by atoms with Crippen LogP contribution in [0.25, 0.3) is 0 Å². The van der Waals surface area contributed by atoms with Crippen molar-refractivity contribution in [3.05, 3.63) is 0 Å². The molecule has 2 heterocycles. The van der Waals surface area contributed by atoms with Gasteiger partial charge in [-0.25, -0.2) is 0 Å². The highest BCUT2D eigenvalue weighted by Crippen LogP contribution is 2.31. The van der Waals surface area contributed by atoms with Crippen LogP contribution in [0, 0.1) is 0 Å². The number of hydrogen-bond donors (Lipinski definition) is 1. The van der Waals surface area contributed by atoms with E-state index in [9.17, 15) is 5.11 Å². The highest BCUT2D eigenvalue weighted by atomic mass is 32.2. The van der Waals surface area contributed by atoms with Gasteiger partial charge in [-0.1, -0.05) is 0 Å². The summed E-state index contributed by atoms with van der Waals surface area (Å²) in [6, 6.07) is 1.28. The Bertz CT molecular complexity index is 139. The molecule has 64 valence electrons. The van der Waals surface area contributed by atoms with E-state index in [1.165, 1.54) is 11.5 Å². The van der Waals surface area contributed by atoms with Crippen LogP contribution in [0.4, 0.5) is 0 Å². The zero-order valence-corrected chi connectivity index (χ0v) is 7.68. The molecule has 3 heteroatoms. The minimum Gasteiger partial charge on any atom is -0.393 e. The Morgan fingerprint density at radius 1 is 1.27 bits per heavy atom. The Morgan fingerprint density at radius 2 is 1.82 bits per heavy atom. The highest BCUT2D eigenvalue weighted by molar-refractivity contribution is 7.99. The van der Waals surface area contributed by atoms with Crippen LogP contribution in [0.5, 0.6) is 0 Å². The van der Waals surface area contributed by atoms with Gasteiger partial charge in [0, 0.05) is 23.6 Å². The van der Waals surface area contributed by atoms with Crippen molar-refractivity contribution in [3.63, 3.8) is 0 Å². The summed E-state index contributed by atoms with van der Waals surface area (Å²) in [5.41, 5.74) is 0. The number of hydrogen-bond acceptors (Lipinski definition) is 3. The van der Waals surface area contributed by atoms with Gasteiger partial charge in [0.05, 0.1) is 6.10 Å². The highest BCUT2D eigenvalue weighted by Gasteiger charge is 2.35. The first kappa shape index (κ1) is 7.90. The summed E-state index contributed by atoms with van der Waals surface area (Å²) in [5, 5.41) is 9.50. The van der Waals surface area contributed by atoms with Crippen LogP contribution in [0.1, 0.15) is 12.8 Å². The van der Waals surface area contributed by atoms with Crippen LogP contribution in [0.15, 0.2) is 0 Å². The topological polar surface area (TPSA) is 23.5 Å². The van der Waals surface area contributed by atoms with Crippen molar-refractivity contribution in [3.8, 4) is 0 Å². The number of rotatable bonds is 0. The van der Waals surface area contributed by atoms with Crippen molar-refractivity contribution in [1.29, 1.82) is 0 Å². The molecule has 1 N–H and O–H groups in total. The van der Waals surface area contributed by atoms with E-state index < -0.39 is 0 Å². The van der Waals surface area contributed by atoms with Crippen LogP contribution >= 0.6 is 11.8 Å². The van der Waals surface area contributed by atoms with Gasteiger partial charge < -0.3 is 5.11 Å². The maximum atomic E-state index is 9.50. The second-order valence-electron chi connectivity index (χ2n) is 3.64. The Hall–Kier alpha value is 0.270. The van der Waals surface area contributed by atoms with E-state index in [1.807, 2.05) is 11.8 Å². The summed E-state index contributed by atoms with van der Waals surface area (Å²) in [4.78, 5) is 2.45. The lowest BCUT2D eigenvalue weighted by Gasteiger charge is -2.45. The Labute approximate surface area is 72.0 Å². The molecule has 2 saturated heterocycles. The first-order valence-electron chi connectivity index (χ1n) is 4.25. The van der Waals surface area contributed by atoms with Crippen molar-refractivity contribution in [1.82, 2.24) is 4.90 Å². The van der Waals surface area contributed by atoms with Crippen LogP contribution in [0.2, 0.25) is 0 Å². The third-order valence-electron chi connectivity index (χ3n) is 2.86. The molecular formula is C8H15NOS. The molecular weight excluding hydrogens is 158 g/mol. The predicted octanol–water partition coefficient (Wildman–Crippen LogP) is 0.557. The quantitative estimate of drug-likeness (QED) is 0.579. The average Bonchev–Trinajstić information content (AvgIpc) is 1.92. The van der Waals surface area contributed by atoms with Gasteiger partial charge in [-0.05, 0) is 19.9 Å². The molecule has 0 aliphatic carbocycles. The van der Waals surface area contributed by atoms with Crippen molar-refractivity contribution < 1.29 is 5.11 Å². The summed E-state index contributed by atoms with van der Waals surface area (Å²) < 4.78 is 0. The number of aliphatic hydroxyl groups is 1. The number of aliphatic hydroxyl groups excluding tert-OH is 1. The maximum absolute atomic E-state index is 9.50. The van der Waals surface area contributed by atoms with E-state index in [2.05, 4.69) is 11.9 Å². The zero-order valence-electron chi connectivity index (χ0n) is 6.86. The third-order valence-corrected chi connectivity index (χ3v) is 4.10. The van der Waals surface area contributed by atoms with Crippen LogP contribution in [-0.4, -0.2) is 46.7 Å². The number of fused-ring (bicyclic) bond motifs is 2. The van der Waals surface area contributed by atoms with Gasteiger partial charge in [-0.3, -0.25) is 4.90 Å². The SMILES string of the molecule is CN1[C@@H]2CSC[C@H]1C[C@@H](O)C2. The van der Waals surface area contributed by atoms with Gasteiger partial charge >= 0.3 is 0 Å². The lowest BCUT2D eigenvalue weighted by atomic mass is 9.95. The third kappa shape index (κ3) is 1.42. The molecule has 0 amide bonds. The van der Waals surface area contributed by atoms with Crippen LogP contribution < -0.4 is 0 Å². The van der Waals surface area contributed by atoms with Crippen molar-refractivity contribution in [2.75, 3.05) is 18.6 Å². The molecule has 2 nitrogen and oxygen atoms in total. The lowest BCUT2D eigenvalue weighted by Crippen LogP contribution is -2.53.